The van der Waals surface area contributed by atoms with Crippen LogP contribution in [-0.4, -0.2) is 30.9 Å². The second-order valence-corrected chi connectivity index (χ2v) is 7.96. The van der Waals surface area contributed by atoms with E-state index < -0.39 is 35.1 Å². The summed E-state index contributed by atoms with van der Waals surface area (Å²) in [5.74, 6) is -2.11. The first kappa shape index (κ1) is 25.5. The van der Waals surface area contributed by atoms with Gasteiger partial charge in [0.25, 0.3) is 0 Å². The van der Waals surface area contributed by atoms with Gasteiger partial charge in [-0.15, -0.1) is 4.91 Å². The molecule has 0 fully saturated rings. The molecule has 2 N–H and O–H groups in total. The van der Waals surface area contributed by atoms with Crippen molar-refractivity contribution in [3.05, 3.63) is 70.1 Å². The lowest BCUT2D eigenvalue weighted by Gasteiger charge is -2.21. The van der Waals surface area contributed by atoms with Crippen LogP contribution in [0.2, 0.25) is 0 Å². The van der Waals surface area contributed by atoms with Crippen molar-refractivity contribution in [3.8, 4) is 0 Å². The average Bonchev–Trinajstić information content (AvgIpc) is 2.74. The third kappa shape index (κ3) is 8.71. The predicted molar refractivity (Wildman–Crippen MR) is 117 cm³/mol. The minimum Gasteiger partial charge on any atom is -0.445 e. The van der Waals surface area contributed by atoms with E-state index >= 15 is 0 Å². The minimum atomic E-state index is -1.05. The van der Waals surface area contributed by atoms with Crippen LogP contribution in [0, 0.1) is 16.5 Å². The zero-order valence-electron chi connectivity index (χ0n) is 18.6. The quantitative estimate of drug-likeness (QED) is 0.420. The molecule has 0 aliphatic heterocycles. The second kappa shape index (κ2) is 11.7. The maximum atomic E-state index is 14.5. The number of amides is 2. The van der Waals surface area contributed by atoms with Gasteiger partial charge in [0.1, 0.15) is 17.9 Å². The monoisotopic (exact) mass is 464 g/mol. The Hall–Kier alpha value is -3.76. The van der Waals surface area contributed by atoms with E-state index in [0.29, 0.717) is 5.01 Å². The number of carbonyl (C=O) groups excluding carboxylic acids is 2. The fourth-order valence-electron chi connectivity index (χ4n) is 2.69. The Bertz CT molecular complexity index is 944. The van der Waals surface area contributed by atoms with Gasteiger partial charge in [-0.05, 0) is 44.0 Å². The molecular weight excluding hydrogens is 438 g/mol. The fourth-order valence-corrected chi connectivity index (χ4v) is 2.69. The first-order valence-corrected chi connectivity index (χ1v) is 10.1. The highest BCUT2D eigenvalue weighted by Crippen LogP contribution is 2.25. The normalized spacial score (nSPS) is 10.8. The maximum absolute atomic E-state index is 14.5. The van der Waals surface area contributed by atoms with Crippen LogP contribution in [0.5, 0.6) is 0 Å². The Labute approximate surface area is 190 Å². The van der Waals surface area contributed by atoms with Crippen LogP contribution in [0.3, 0.4) is 0 Å². The molecule has 0 spiro atoms. The van der Waals surface area contributed by atoms with E-state index in [0.717, 1.165) is 17.7 Å². The molecule has 0 aromatic heterocycles. The molecule has 0 heterocycles. The van der Waals surface area contributed by atoms with Crippen LogP contribution in [0.1, 0.15) is 31.9 Å². The van der Waals surface area contributed by atoms with E-state index in [2.05, 4.69) is 15.9 Å². The van der Waals surface area contributed by atoms with Crippen molar-refractivity contribution in [1.29, 1.82) is 0 Å². The number of ether oxygens (including phenoxy) is 2. The molecule has 0 bridgehead atoms. The van der Waals surface area contributed by atoms with Gasteiger partial charge in [-0.2, -0.15) is 0 Å². The third-order valence-corrected chi connectivity index (χ3v) is 4.07. The van der Waals surface area contributed by atoms with Gasteiger partial charge in [0.15, 0.2) is 11.6 Å². The summed E-state index contributed by atoms with van der Waals surface area (Å²) in [5.41, 5.74) is -0.492. The Balaban J connectivity index is 1.91. The summed E-state index contributed by atoms with van der Waals surface area (Å²) < 4.78 is 39.1. The lowest BCUT2D eigenvalue weighted by atomic mass is 10.1. The molecule has 0 saturated carbocycles. The molecule has 2 aromatic carbocycles. The smallest absolute Gasteiger partial charge is 0.407 e. The van der Waals surface area contributed by atoms with Crippen LogP contribution in [0.4, 0.5) is 24.1 Å². The van der Waals surface area contributed by atoms with Crippen molar-refractivity contribution in [1.82, 2.24) is 10.6 Å². The zero-order valence-corrected chi connectivity index (χ0v) is 18.6. The van der Waals surface area contributed by atoms with Gasteiger partial charge < -0.3 is 20.1 Å². The number of nitrogens with one attached hydrogen (secondary N) is 2. The summed E-state index contributed by atoms with van der Waals surface area (Å²) in [7, 11) is 0. The number of nitrogens with zero attached hydrogens (tertiary/aromatic N) is 2. The van der Waals surface area contributed by atoms with E-state index in [1.54, 1.807) is 45.0 Å². The van der Waals surface area contributed by atoms with Crippen molar-refractivity contribution in [2.45, 2.75) is 39.5 Å². The van der Waals surface area contributed by atoms with E-state index in [1.165, 1.54) is 0 Å². The predicted octanol–water partition coefficient (Wildman–Crippen LogP) is 4.40. The largest absolute Gasteiger partial charge is 0.445 e. The van der Waals surface area contributed by atoms with E-state index in [1.807, 2.05) is 6.07 Å². The van der Waals surface area contributed by atoms with Crippen molar-refractivity contribution >= 4 is 17.9 Å². The van der Waals surface area contributed by atoms with Gasteiger partial charge >= 0.3 is 12.2 Å². The molecule has 11 heteroatoms. The van der Waals surface area contributed by atoms with Gasteiger partial charge in [-0.25, -0.2) is 23.4 Å². The van der Waals surface area contributed by atoms with Crippen LogP contribution in [0.15, 0.2) is 47.8 Å². The molecule has 0 aliphatic carbocycles. The fraction of sp³-hybridized carbons (Fsp3) is 0.364. The van der Waals surface area contributed by atoms with Crippen LogP contribution >= 0.6 is 0 Å². The van der Waals surface area contributed by atoms with E-state index in [9.17, 15) is 23.3 Å². The van der Waals surface area contributed by atoms with Gasteiger partial charge in [-0.1, -0.05) is 30.3 Å². The summed E-state index contributed by atoms with van der Waals surface area (Å²) in [4.78, 5) is 34.6. The molecular formula is C22H26F2N4O5. The Kier molecular flexibility index (Phi) is 9.08. The highest BCUT2D eigenvalue weighted by atomic mass is 19.1. The molecule has 0 unspecified atom stereocenters. The minimum absolute atomic E-state index is 0.0473. The van der Waals surface area contributed by atoms with E-state index in [-0.39, 0.29) is 31.8 Å². The van der Waals surface area contributed by atoms with Gasteiger partial charge in [0.2, 0.25) is 0 Å². The maximum Gasteiger partial charge on any atom is 0.407 e. The third-order valence-electron chi connectivity index (χ3n) is 4.07. The average molecular weight is 464 g/mol. The number of rotatable bonds is 9. The molecule has 0 aliphatic rings. The van der Waals surface area contributed by atoms with Gasteiger partial charge in [0.05, 0.1) is 11.8 Å². The highest BCUT2D eigenvalue weighted by molar-refractivity contribution is 5.68. The topological polar surface area (TPSA) is 109 Å². The number of halogens is 2. The summed E-state index contributed by atoms with van der Waals surface area (Å²) in [6, 6.07) is 10.9. The SMILES string of the molecule is CC(C)(C)OC(=O)NCCN(N=O)c1c(F)cc(CNC(=O)OCc2ccccc2)cc1F. The first-order valence-electron chi connectivity index (χ1n) is 10.1. The summed E-state index contributed by atoms with van der Waals surface area (Å²) >= 11 is 0. The summed E-state index contributed by atoms with van der Waals surface area (Å²) in [6.45, 7) is 4.44. The van der Waals surface area contributed by atoms with Crippen molar-refractivity contribution in [3.63, 3.8) is 0 Å². The van der Waals surface area contributed by atoms with Crippen molar-refractivity contribution in [2.24, 2.45) is 5.29 Å². The number of hydrogen-bond acceptors (Lipinski definition) is 6. The molecule has 178 valence electrons. The number of hydrogen-bond donors (Lipinski definition) is 2. The number of anilines is 1. The number of carbonyl (C=O) groups is 2. The molecule has 2 aromatic rings. The van der Waals surface area contributed by atoms with Crippen LogP contribution in [0.25, 0.3) is 0 Å². The zero-order chi connectivity index (χ0) is 24.4. The number of alkyl carbamates (subject to hydrolysis) is 2. The molecule has 9 nitrogen and oxygen atoms in total. The summed E-state index contributed by atoms with van der Waals surface area (Å²) in [5, 5.41) is 7.95. The first-order chi connectivity index (χ1) is 15.6. The lowest BCUT2D eigenvalue weighted by Crippen LogP contribution is -2.37. The molecule has 0 radical (unpaired) electrons. The number of nitroso groups, excluding NO2 is 1. The van der Waals surface area contributed by atoms with Crippen molar-refractivity contribution < 1.29 is 27.8 Å². The molecule has 33 heavy (non-hydrogen) atoms. The summed E-state index contributed by atoms with van der Waals surface area (Å²) in [6.07, 6.45) is -1.50. The molecule has 0 atom stereocenters. The Morgan fingerprint density at radius 1 is 1.00 bits per heavy atom. The number of benzene rings is 2. The van der Waals surface area contributed by atoms with Crippen molar-refractivity contribution in [2.75, 3.05) is 18.1 Å². The van der Waals surface area contributed by atoms with E-state index in [4.69, 9.17) is 9.47 Å². The Morgan fingerprint density at radius 3 is 2.21 bits per heavy atom. The Morgan fingerprint density at radius 2 is 1.64 bits per heavy atom. The molecule has 0 saturated heterocycles. The van der Waals surface area contributed by atoms with Crippen LogP contribution in [-0.2, 0) is 22.6 Å². The molecule has 2 amide bonds. The van der Waals surface area contributed by atoms with Gasteiger partial charge in [0, 0.05) is 13.1 Å². The van der Waals surface area contributed by atoms with Gasteiger partial charge in [-0.3, -0.25) is 0 Å². The second-order valence-electron chi connectivity index (χ2n) is 7.96. The molecule has 2 rings (SSSR count). The van der Waals surface area contributed by atoms with Crippen LogP contribution < -0.4 is 15.6 Å². The highest BCUT2D eigenvalue weighted by Gasteiger charge is 2.21. The standard InChI is InChI=1S/C22H26F2N4O5/c1-22(2,3)33-21(30)25-9-10-28(27-31)19-17(23)11-16(12-18(19)24)13-26-20(29)32-14-15-7-5-4-6-8-15/h4-8,11-12H,9-10,13-14H2,1-3H3,(H,25,30)(H,26,29). The lowest BCUT2D eigenvalue weighted by molar-refractivity contribution is 0.0529.